The van der Waals surface area contributed by atoms with Crippen molar-refractivity contribution in [3.63, 3.8) is 0 Å². The van der Waals surface area contributed by atoms with E-state index in [1.165, 1.54) is 0 Å². The normalized spacial score (nSPS) is 13.6. The van der Waals surface area contributed by atoms with Crippen molar-refractivity contribution in [2.75, 3.05) is 10.2 Å². The Labute approximate surface area is 71.8 Å². The summed E-state index contributed by atoms with van der Waals surface area (Å²) in [6.45, 7) is 0. The molecule has 0 radical (unpaired) electrons. The van der Waals surface area contributed by atoms with Gasteiger partial charge in [0.05, 0.1) is 0 Å². The molecule has 56 valence electrons. The average Bonchev–Trinajstić information content (AvgIpc) is 1.80. The van der Waals surface area contributed by atoms with Gasteiger partial charge in [0.2, 0.25) is 0 Å². The standard InChI is InChI=1S/C5H11IO2S/c6-4-2-1-3-5-9(7)8/h1-5H2,(H,7,8). The van der Waals surface area contributed by atoms with E-state index >= 15 is 0 Å². The summed E-state index contributed by atoms with van der Waals surface area (Å²) >= 11 is 0.735. The third kappa shape index (κ3) is 8.84. The highest BCUT2D eigenvalue weighted by atomic mass is 127. The third-order valence-corrected chi connectivity index (χ3v) is 2.35. The van der Waals surface area contributed by atoms with E-state index in [1.54, 1.807) is 0 Å². The molecular weight excluding hydrogens is 251 g/mol. The van der Waals surface area contributed by atoms with Crippen molar-refractivity contribution in [3.8, 4) is 0 Å². The molecule has 2 nitrogen and oxygen atoms in total. The van der Waals surface area contributed by atoms with E-state index in [0.29, 0.717) is 5.75 Å². The van der Waals surface area contributed by atoms with Crippen LogP contribution in [0.15, 0.2) is 0 Å². The molecule has 4 heteroatoms. The molecule has 9 heavy (non-hydrogen) atoms. The van der Waals surface area contributed by atoms with Crippen LogP contribution in [0.4, 0.5) is 0 Å². The SMILES string of the molecule is O=S(O)CCCCCI. The van der Waals surface area contributed by atoms with Gasteiger partial charge in [0, 0.05) is 5.75 Å². The third-order valence-electron chi connectivity index (χ3n) is 0.953. The van der Waals surface area contributed by atoms with Crippen LogP contribution in [-0.4, -0.2) is 18.9 Å². The lowest BCUT2D eigenvalue weighted by molar-refractivity contribution is 0.560. The van der Waals surface area contributed by atoms with Crippen LogP contribution in [0.25, 0.3) is 0 Å². The van der Waals surface area contributed by atoms with Crippen molar-refractivity contribution in [1.29, 1.82) is 0 Å². The zero-order chi connectivity index (χ0) is 7.11. The Morgan fingerprint density at radius 3 is 2.44 bits per heavy atom. The van der Waals surface area contributed by atoms with Gasteiger partial charge in [-0.1, -0.05) is 29.0 Å². The predicted octanol–water partition coefficient (Wildman–Crippen LogP) is 1.81. The van der Waals surface area contributed by atoms with Gasteiger partial charge >= 0.3 is 0 Å². The monoisotopic (exact) mass is 262 g/mol. The first kappa shape index (κ1) is 9.84. The van der Waals surface area contributed by atoms with Gasteiger partial charge in [0.25, 0.3) is 0 Å². The number of halogens is 1. The summed E-state index contributed by atoms with van der Waals surface area (Å²) in [7, 11) is 0. The molecular formula is C5H11IO2S. The second-order valence-electron chi connectivity index (χ2n) is 1.78. The van der Waals surface area contributed by atoms with Crippen molar-refractivity contribution in [2.45, 2.75) is 19.3 Å². The average molecular weight is 262 g/mol. The van der Waals surface area contributed by atoms with E-state index < -0.39 is 11.1 Å². The fraction of sp³-hybridized carbons (Fsp3) is 1.00. The lowest BCUT2D eigenvalue weighted by Gasteiger charge is -1.92. The quantitative estimate of drug-likeness (QED) is 0.355. The van der Waals surface area contributed by atoms with Gasteiger partial charge < -0.3 is 4.55 Å². The largest absolute Gasteiger partial charge is 0.306 e. The molecule has 1 atom stereocenters. The lowest BCUT2D eigenvalue weighted by Crippen LogP contribution is -1.94. The van der Waals surface area contributed by atoms with E-state index in [-0.39, 0.29) is 0 Å². The molecule has 0 aliphatic carbocycles. The minimum Gasteiger partial charge on any atom is -0.306 e. The molecule has 1 N–H and O–H groups in total. The Morgan fingerprint density at radius 2 is 2.00 bits per heavy atom. The van der Waals surface area contributed by atoms with Gasteiger partial charge in [0.1, 0.15) is 0 Å². The molecule has 0 saturated carbocycles. The molecule has 0 aromatic heterocycles. The maximum Gasteiger partial charge on any atom is 0.152 e. The second-order valence-corrected chi connectivity index (χ2v) is 3.91. The van der Waals surface area contributed by atoms with Gasteiger partial charge in [-0.3, -0.25) is 0 Å². The van der Waals surface area contributed by atoms with Crippen LogP contribution in [0.1, 0.15) is 19.3 Å². The molecule has 0 rings (SSSR count). The predicted molar refractivity (Wildman–Crippen MR) is 48.4 cm³/mol. The van der Waals surface area contributed by atoms with E-state index in [9.17, 15) is 4.21 Å². The van der Waals surface area contributed by atoms with Crippen molar-refractivity contribution in [1.82, 2.24) is 0 Å². The van der Waals surface area contributed by atoms with Crippen LogP contribution in [0.3, 0.4) is 0 Å². The first-order valence-corrected chi connectivity index (χ1v) is 5.71. The molecule has 0 heterocycles. The summed E-state index contributed by atoms with van der Waals surface area (Å²) in [5, 5.41) is 0. The maximum atomic E-state index is 10.1. The molecule has 1 unspecified atom stereocenters. The highest BCUT2D eigenvalue weighted by Crippen LogP contribution is 1.98. The van der Waals surface area contributed by atoms with Gasteiger partial charge in [-0.2, -0.15) is 0 Å². The Bertz CT molecular complexity index is 87.0. The molecule has 0 amide bonds. The minimum atomic E-state index is -1.57. The van der Waals surface area contributed by atoms with Crippen molar-refractivity contribution in [2.24, 2.45) is 0 Å². The summed E-state index contributed by atoms with van der Waals surface area (Å²) < 4.78 is 19.5. The van der Waals surface area contributed by atoms with Crippen molar-refractivity contribution >= 4 is 33.7 Å². The fourth-order valence-electron chi connectivity index (χ4n) is 0.497. The number of alkyl halides is 1. The smallest absolute Gasteiger partial charge is 0.152 e. The number of hydrogen-bond acceptors (Lipinski definition) is 1. The van der Waals surface area contributed by atoms with Crippen LogP contribution >= 0.6 is 22.6 Å². The zero-order valence-electron chi connectivity index (χ0n) is 5.18. The lowest BCUT2D eigenvalue weighted by atomic mass is 10.3. The van der Waals surface area contributed by atoms with Crippen LogP contribution in [0.2, 0.25) is 0 Å². The summed E-state index contributed by atoms with van der Waals surface area (Å²) in [6, 6.07) is 0. The molecule has 0 aliphatic heterocycles. The fourth-order valence-corrected chi connectivity index (χ4v) is 1.49. The molecule has 0 spiro atoms. The van der Waals surface area contributed by atoms with Gasteiger partial charge in [-0.05, 0) is 17.3 Å². The van der Waals surface area contributed by atoms with Crippen LogP contribution < -0.4 is 0 Å². The molecule has 0 saturated heterocycles. The summed E-state index contributed by atoms with van der Waals surface area (Å²) in [5.74, 6) is 0.441. The van der Waals surface area contributed by atoms with Gasteiger partial charge in [0.15, 0.2) is 11.1 Å². The summed E-state index contributed by atoms with van der Waals surface area (Å²) in [5.41, 5.74) is 0. The molecule has 0 aromatic rings. The minimum absolute atomic E-state index is 0.441. The molecule has 0 fully saturated rings. The highest BCUT2D eigenvalue weighted by molar-refractivity contribution is 14.1. The maximum absolute atomic E-state index is 10.1. The van der Waals surface area contributed by atoms with Crippen molar-refractivity contribution in [3.05, 3.63) is 0 Å². The second kappa shape index (κ2) is 6.95. The molecule has 0 aromatic carbocycles. The summed E-state index contributed by atoms with van der Waals surface area (Å²) in [4.78, 5) is 0. The number of hydrogen-bond donors (Lipinski definition) is 1. The Morgan fingerprint density at radius 1 is 1.33 bits per heavy atom. The van der Waals surface area contributed by atoms with Gasteiger partial charge in [-0.15, -0.1) is 0 Å². The van der Waals surface area contributed by atoms with Crippen LogP contribution in [-0.2, 0) is 11.1 Å². The Kier molecular flexibility index (Phi) is 7.60. The van der Waals surface area contributed by atoms with E-state index in [1.807, 2.05) is 0 Å². The molecule has 0 bridgehead atoms. The van der Waals surface area contributed by atoms with E-state index in [2.05, 4.69) is 22.6 Å². The van der Waals surface area contributed by atoms with E-state index in [4.69, 9.17) is 4.55 Å². The number of rotatable bonds is 5. The van der Waals surface area contributed by atoms with Crippen molar-refractivity contribution < 1.29 is 8.76 Å². The van der Waals surface area contributed by atoms with E-state index in [0.717, 1.165) is 23.7 Å². The first-order valence-electron chi connectivity index (χ1n) is 2.91. The Balaban J connectivity index is 2.83. The van der Waals surface area contributed by atoms with Crippen LogP contribution in [0.5, 0.6) is 0 Å². The van der Waals surface area contributed by atoms with Gasteiger partial charge in [-0.25, -0.2) is 4.21 Å². The zero-order valence-corrected chi connectivity index (χ0v) is 8.15. The summed E-state index contributed by atoms with van der Waals surface area (Å²) in [6.07, 6.45) is 3.12. The first-order chi connectivity index (χ1) is 4.27. The number of unbranched alkanes of at least 4 members (excludes halogenated alkanes) is 2. The molecule has 0 aliphatic rings. The topological polar surface area (TPSA) is 37.3 Å². The van der Waals surface area contributed by atoms with Crippen LogP contribution in [0, 0.1) is 0 Å². The Hall–Kier alpha value is 0.840. The highest BCUT2D eigenvalue weighted by Gasteiger charge is 1.91.